The molecule has 0 bridgehead atoms. The molecule has 18 heavy (non-hydrogen) atoms. The van der Waals surface area contributed by atoms with Gasteiger partial charge in [-0.3, -0.25) is 0 Å². The molecule has 1 aliphatic heterocycles. The van der Waals surface area contributed by atoms with Crippen molar-refractivity contribution in [2.45, 2.75) is 38.6 Å². The van der Waals surface area contributed by atoms with Crippen molar-refractivity contribution in [3.8, 4) is 0 Å². The molecule has 1 saturated carbocycles. The highest BCUT2D eigenvalue weighted by atomic mass is 32.2. The Balaban J connectivity index is 1.63. The van der Waals surface area contributed by atoms with Crippen molar-refractivity contribution in [3.05, 3.63) is 0 Å². The summed E-state index contributed by atoms with van der Waals surface area (Å²) in [4.78, 5) is 2.52. The Kier molecular flexibility index (Phi) is 5.04. The van der Waals surface area contributed by atoms with Gasteiger partial charge in [-0.15, -0.1) is 0 Å². The van der Waals surface area contributed by atoms with E-state index in [2.05, 4.69) is 17.1 Å². The lowest BCUT2D eigenvalue weighted by Gasteiger charge is -2.22. The van der Waals surface area contributed by atoms with Gasteiger partial charge in [0.15, 0.2) is 9.84 Å². The smallest absolute Gasteiger partial charge is 0.151 e. The molecule has 1 unspecified atom stereocenters. The molecule has 1 heterocycles. The minimum absolute atomic E-state index is 0.194. The third-order valence-corrected chi connectivity index (χ3v) is 5.61. The molecule has 2 aliphatic rings. The second-order valence-electron chi connectivity index (χ2n) is 5.80. The van der Waals surface area contributed by atoms with E-state index in [9.17, 15) is 8.42 Å². The molecule has 1 saturated heterocycles. The largest absolute Gasteiger partial charge is 0.312 e. The van der Waals surface area contributed by atoms with Gasteiger partial charge in [0, 0.05) is 25.7 Å². The van der Waals surface area contributed by atoms with Crippen molar-refractivity contribution in [2.75, 3.05) is 37.7 Å². The fourth-order valence-corrected chi connectivity index (χ4v) is 4.37. The van der Waals surface area contributed by atoms with Crippen LogP contribution in [-0.4, -0.2) is 57.0 Å². The number of rotatable bonds is 8. The van der Waals surface area contributed by atoms with Crippen LogP contribution in [0.2, 0.25) is 0 Å². The minimum Gasteiger partial charge on any atom is -0.312 e. The molecule has 5 heteroatoms. The lowest BCUT2D eigenvalue weighted by molar-refractivity contribution is 0.260. The van der Waals surface area contributed by atoms with Gasteiger partial charge in [0.25, 0.3) is 0 Å². The third kappa shape index (κ3) is 4.86. The van der Waals surface area contributed by atoms with Gasteiger partial charge in [-0.05, 0) is 38.1 Å². The first-order valence-corrected chi connectivity index (χ1v) is 9.07. The van der Waals surface area contributed by atoms with Crippen LogP contribution in [0.25, 0.3) is 0 Å². The summed E-state index contributed by atoms with van der Waals surface area (Å²) in [6.45, 7) is 6.60. The summed E-state index contributed by atoms with van der Waals surface area (Å²) >= 11 is 0. The first kappa shape index (κ1) is 14.3. The zero-order valence-corrected chi connectivity index (χ0v) is 12.2. The van der Waals surface area contributed by atoms with Crippen molar-refractivity contribution in [3.63, 3.8) is 0 Å². The van der Waals surface area contributed by atoms with Crippen LogP contribution < -0.4 is 5.32 Å². The molecule has 2 rings (SSSR count). The van der Waals surface area contributed by atoms with Crippen LogP contribution in [0.5, 0.6) is 0 Å². The second-order valence-corrected chi connectivity index (χ2v) is 8.03. The summed E-state index contributed by atoms with van der Waals surface area (Å²) in [5.74, 6) is 1.64. The lowest BCUT2D eigenvalue weighted by atomic mass is 10.2. The molecule has 0 aromatic carbocycles. The van der Waals surface area contributed by atoms with E-state index in [1.54, 1.807) is 0 Å². The van der Waals surface area contributed by atoms with Crippen molar-refractivity contribution >= 4 is 9.84 Å². The highest BCUT2D eigenvalue weighted by Crippen LogP contribution is 2.29. The van der Waals surface area contributed by atoms with E-state index in [0.717, 1.165) is 25.4 Å². The SMILES string of the molecule is CCCN(CCNC1CCS(=O)(=O)C1)CC1CC1. The normalized spacial score (nSPS) is 26.9. The second kappa shape index (κ2) is 6.35. The van der Waals surface area contributed by atoms with Gasteiger partial charge >= 0.3 is 0 Å². The molecule has 0 spiro atoms. The molecule has 0 aromatic rings. The van der Waals surface area contributed by atoms with Gasteiger partial charge in [-0.1, -0.05) is 6.92 Å². The molecule has 0 radical (unpaired) electrons. The predicted octanol–water partition coefficient (Wildman–Crippen LogP) is 0.885. The van der Waals surface area contributed by atoms with Gasteiger partial charge in [0.05, 0.1) is 11.5 Å². The zero-order chi connectivity index (χ0) is 13.0. The van der Waals surface area contributed by atoms with Gasteiger partial charge in [-0.2, -0.15) is 0 Å². The van der Waals surface area contributed by atoms with E-state index in [1.807, 2.05) is 0 Å². The van der Waals surface area contributed by atoms with E-state index in [1.165, 1.54) is 32.4 Å². The van der Waals surface area contributed by atoms with Crippen molar-refractivity contribution in [1.29, 1.82) is 0 Å². The maximum Gasteiger partial charge on any atom is 0.151 e. The molecular weight excluding hydrogens is 248 g/mol. The fraction of sp³-hybridized carbons (Fsp3) is 1.00. The van der Waals surface area contributed by atoms with Crippen molar-refractivity contribution in [1.82, 2.24) is 10.2 Å². The van der Waals surface area contributed by atoms with Crippen LogP contribution in [0.4, 0.5) is 0 Å². The van der Waals surface area contributed by atoms with E-state index >= 15 is 0 Å². The van der Waals surface area contributed by atoms with Crippen molar-refractivity contribution in [2.24, 2.45) is 5.92 Å². The molecule has 2 fully saturated rings. The maximum atomic E-state index is 11.3. The van der Waals surface area contributed by atoms with E-state index in [-0.39, 0.29) is 6.04 Å². The Hall–Kier alpha value is -0.130. The van der Waals surface area contributed by atoms with Crippen LogP contribution in [0.1, 0.15) is 32.6 Å². The topological polar surface area (TPSA) is 49.4 Å². The van der Waals surface area contributed by atoms with Gasteiger partial charge in [0.2, 0.25) is 0 Å². The first-order valence-electron chi connectivity index (χ1n) is 7.25. The average Bonchev–Trinajstić information content (AvgIpc) is 3.03. The molecule has 1 aliphatic carbocycles. The standard InChI is InChI=1S/C13H26N2O2S/c1-2-7-15(10-12-3-4-12)8-6-14-13-5-9-18(16,17)11-13/h12-14H,2-11H2,1H3. The Morgan fingerprint density at radius 3 is 2.56 bits per heavy atom. The summed E-state index contributed by atoms with van der Waals surface area (Å²) in [5.41, 5.74) is 0. The predicted molar refractivity (Wildman–Crippen MR) is 74.5 cm³/mol. The Labute approximate surface area is 111 Å². The number of nitrogens with one attached hydrogen (secondary N) is 1. The summed E-state index contributed by atoms with van der Waals surface area (Å²) in [5, 5.41) is 3.40. The number of nitrogens with zero attached hydrogens (tertiary/aromatic N) is 1. The monoisotopic (exact) mass is 274 g/mol. The number of hydrogen-bond acceptors (Lipinski definition) is 4. The van der Waals surface area contributed by atoms with Gasteiger partial charge in [-0.25, -0.2) is 8.42 Å². The molecule has 1 atom stereocenters. The van der Waals surface area contributed by atoms with Crippen LogP contribution in [0, 0.1) is 5.92 Å². The highest BCUT2D eigenvalue weighted by molar-refractivity contribution is 7.91. The quantitative estimate of drug-likeness (QED) is 0.714. The molecule has 4 nitrogen and oxygen atoms in total. The zero-order valence-electron chi connectivity index (χ0n) is 11.4. The maximum absolute atomic E-state index is 11.3. The first-order chi connectivity index (χ1) is 8.59. The number of sulfone groups is 1. The minimum atomic E-state index is -2.74. The van der Waals surface area contributed by atoms with Crippen LogP contribution in [0.3, 0.4) is 0 Å². The van der Waals surface area contributed by atoms with Crippen LogP contribution in [-0.2, 0) is 9.84 Å². The Morgan fingerprint density at radius 2 is 2.00 bits per heavy atom. The summed E-state index contributed by atoms with van der Waals surface area (Å²) in [7, 11) is -2.74. The average molecular weight is 274 g/mol. The van der Waals surface area contributed by atoms with Gasteiger partial charge in [0.1, 0.15) is 0 Å². The van der Waals surface area contributed by atoms with Gasteiger partial charge < -0.3 is 10.2 Å². The van der Waals surface area contributed by atoms with E-state index in [4.69, 9.17) is 0 Å². The number of hydrogen-bond donors (Lipinski definition) is 1. The highest BCUT2D eigenvalue weighted by Gasteiger charge is 2.27. The summed E-state index contributed by atoms with van der Waals surface area (Å²) < 4.78 is 22.7. The molecule has 0 aromatic heterocycles. The fourth-order valence-electron chi connectivity index (χ4n) is 2.66. The third-order valence-electron chi connectivity index (χ3n) is 3.85. The Bertz CT molecular complexity index is 352. The molecular formula is C13H26N2O2S. The van der Waals surface area contributed by atoms with E-state index in [0.29, 0.717) is 11.5 Å². The van der Waals surface area contributed by atoms with Crippen LogP contribution in [0.15, 0.2) is 0 Å². The molecule has 0 amide bonds. The summed E-state index contributed by atoms with van der Waals surface area (Å²) in [6, 6.07) is 0.194. The molecule has 106 valence electrons. The summed E-state index contributed by atoms with van der Waals surface area (Å²) in [6.07, 6.45) is 4.78. The molecule has 1 N–H and O–H groups in total. The van der Waals surface area contributed by atoms with Crippen molar-refractivity contribution < 1.29 is 8.42 Å². The van der Waals surface area contributed by atoms with E-state index < -0.39 is 9.84 Å². The van der Waals surface area contributed by atoms with Crippen LogP contribution >= 0.6 is 0 Å². The Morgan fingerprint density at radius 1 is 1.22 bits per heavy atom. The lowest BCUT2D eigenvalue weighted by Crippen LogP contribution is -2.38.